The molecule has 1 saturated heterocycles. The maximum atomic E-state index is 12.4. The van der Waals surface area contributed by atoms with Gasteiger partial charge in [-0.2, -0.15) is 0 Å². The minimum absolute atomic E-state index is 0.134. The molecule has 2 aromatic carbocycles. The average molecular weight is 366 g/mol. The lowest BCUT2D eigenvalue weighted by molar-refractivity contribution is -0.132. The molecule has 1 aliphatic rings. The quantitative estimate of drug-likeness (QED) is 0.737. The molecular formula is C22H26N2O3. The van der Waals surface area contributed by atoms with E-state index in [2.05, 4.69) is 4.90 Å². The summed E-state index contributed by atoms with van der Waals surface area (Å²) in [6.45, 7) is 7.38. The van der Waals surface area contributed by atoms with Gasteiger partial charge in [-0.15, -0.1) is 0 Å². The molecule has 3 rings (SSSR count). The predicted molar refractivity (Wildman–Crippen MR) is 107 cm³/mol. The number of hydrogen-bond donors (Lipinski definition) is 0. The Labute approximate surface area is 160 Å². The van der Waals surface area contributed by atoms with Crippen LogP contribution in [0.2, 0.25) is 0 Å². The maximum Gasteiger partial charge on any atom is 0.226 e. The highest BCUT2D eigenvalue weighted by atomic mass is 16.5. The Balaban J connectivity index is 1.45. The molecule has 1 amide bonds. The van der Waals surface area contributed by atoms with E-state index in [0.29, 0.717) is 26.1 Å². The number of anilines is 1. The van der Waals surface area contributed by atoms with Crippen molar-refractivity contribution in [2.24, 2.45) is 0 Å². The second-order valence-corrected chi connectivity index (χ2v) is 6.94. The first kappa shape index (κ1) is 19.0. The molecule has 5 heteroatoms. The number of aldehydes is 1. The van der Waals surface area contributed by atoms with Crippen LogP contribution in [0.15, 0.2) is 42.5 Å². The van der Waals surface area contributed by atoms with E-state index in [-0.39, 0.29) is 5.91 Å². The van der Waals surface area contributed by atoms with Gasteiger partial charge in [-0.1, -0.05) is 17.7 Å². The van der Waals surface area contributed by atoms with E-state index in [4.69, 9.17) is 4.74 Å². The fourth-order valence-electron chi connectivity index (χ4n) is 3.25. The van der Waals surface area contributed by atoms with E-state index in [1.807, 2.05) is 61.2 Å². The molecule has 0 bridgehead atoms. The summed E-state index contributed by atoms with van der Waals surface area (Å²) < 4.78 is 5.66. The molecule has 0 aliphatic carbocycles. The van der Waals surface area contributed by atoms with Crippen LogP contribution in [0.4, 0.5) is 5.69 Å². The van der Waals surface area contributed by atoms with Crippen LogP contribution >= 0.6 is 0 Å². The van der Waals surface area contributed by atoms with E-state index >= 15 is 0 Å². The fourth-order valence-corrected chi connectivity index (χ4v) is 3.25. The largest absolute Gasteiger partial charge is 0.493 e. The molecule has 0 aromatic heterocycles. The van der Waals surface area contributed by atoms with Crippen LogP contribution in [-0.2, 0) is 4.79 Å². The first-order valence-electron chi connectivity index (χ1n) is 9.35. The van der Waals surface area contributed by atoms with Gasteiger partial charge in [0.1, 0.15) is 12.0 Å². The molecule has 2 aromatic rings. The molecule has 5 nitrogen and oxygen atoms in total. The van der Waals surface area contributed by atoms with Crippen molar-refractivity contribution in [1.82, 2.24) is 4.90 Å². The summed E-state index contributed by atoms with van der Waals surface area (Å²) in [5.74, 6) is 0.932. The molecule has 0 saturated carbocycles. The molecule has 0 radical (unpaired) electrons. The zero-order valence-electron chi connectivity index (χ0n) is 16.0. The van der Waals surface area contributed by atoms with Crippen LogP contribution in [0.1, 0.15) is 27.9 Å². The lowest BCUT2D eigenvalue weighted by Gasteiger charge is -2.36. The average Bonchev–Trinajstić information content (AvgIpc) is 2.69. The SMILES string of the molecule is Cc1ccc(OCCC(=O)N2CCN(c3ccc(C=O)c(C)c3)CC2)cc1. The molecule has 0 atom stereocenters. The smallest absolute Gasteiger partial charge is 0.226 e. The summed E-state index contributed by atoms with van der Waals surface area (Å²) in [6.07, 6.45) is 1.27. The third-order valence-electron chi connectivity index (χ3n) is 4.98. The third-order valence-corrected chi connectivity index (χ3v) is 4.98. The van der Waals surface area contributed by atoms with Crippen molar-refractivity contribution in [1.29, 1.82) is 0 Å². The predicted octanol–water partition coefficient (Wildman–Crippen LogP) is 3.23. The van der Waals surface area contributed by atoms with E-state index in [1.165, 1.54) is 5.56 Å². The number of nitrogens with zero attached hydrogens (tertiary/aromatic N) is 2. The van der Waals surface area contributed by atoms with Crippen LogP contribution in [0.3, 0.4) is 0 Å². The van der Waals surface area contributed by atoms with Crippen LogP contribution in [0, 0.1) is 13.8 Å². The molecule has 0 N–H and O–H groups in total. The fraction of sp³-hybridized carbons (Fsp3) is 0.364. The number of carbonyl (C=O) groups is 2. The second-order valence-electron chi connectivity index (χ2n) is 6.94. The van der Waals surface area contributed by atoms with Gasteiger partial charge in [0, 0.05) is 37.4 Å². The van der Waals surface area contributed by atoms with E-state index < -0.39 is 0 Å². The number of benzene rings is 2. The van der Waals surface area contributed by atoms with Crippen molar-refractivity contribution >= 4 is 17.9 Å². The van der Waals surface area contributed by atoms with E-state index in [1.54, 1.807) is 0 Å². The Bertz CT molecular complexity index is 794. The van der Waals surface area contributed by atoms with Gasteiger partial charge in [0.2, 0.25) is 5.91 Å². The number of ether oxygens (including phenoxy) is 1. The minimum Gasteiger partial charge on any atom is -0.493 e. The summed E-state index contributed by atoms with van der Waals surface area (Å²) in [6, 6.07) is 13.7. The van der Waals surface area contributed by atoms with Crippen LogP contribution in [0.5, 0.6) is 5.75 Å². The van der Waals surface area contributed by atoms with Crippen molar-refractivity contribution in [2.45, 2.75) is 20.3 Å². The zero-order chi connectivity index (χ0) is 19.2. The van der Waals surface area contributed by atoms with Gasteiger partial charge in [0.15, 0.2) is 0 Å². The standard InChI is InChI=1S/C22H26N2O3/c1-17-3-7-21(8-4-17)27-14-9-22(26)24-12-10-23(11-13-24)20-6-5-19(16-25)18(2)15-20/h3-8,15-16H,9-14H2,1-2H3. The van der Waals surface area contributed by atoms with Gasteiger partial charge >= 0.3 is 0 Å². The van der Waals surface area contributed by atoms with Gasteiger partial charge < -0.3 is 14.5 Å². The van der Waals surface area contributed by atoms with Crippen LogP contribution in [0.25, 0.3) is 0 Å². The molecule has 0 spiro atoms. The first-order chi connectivity index (χ1) is 13.1. The van der Waals surface area contributed by atoms with E-state index in [9.17, 15) is 9.59 Å². The third kappa shape index (κ3) is 4.88. The van der Waals surface area contributed by atoms with Crippen LogP contribution in [-0.4, -0.2) is 49.9 Å². The monoisotopic (exact) mass is 366 g/mol. The normalized spacial score (nSPS) is 14.1. The van der Waals surface area contributed by atoms with Crippen molar-refractivity contribution in [3.8, 4) is 5.75 Å². The zero-order valence-corrected chi connectivity index (χ0v) is 16.0. The van der Waals surface area contributed by atoms with Gasteiger partial charge in [-0.25, -0.2) is 0 Å². The highest BCUT2D eigenvalue weighted by molar-refractivity contribution is 5.79. The molecule has 1 aliphatic heterocycles. The summed E-state index contributed by atoms with van der Waals surface area (Å²) in [7, 11) is 0. The lowest BCUT2D eigenvalue weighted by Crippen LogP contribution is -2.49. The molecule has 0 unspecified atom stereocenters. The number of hydrogen-bond acceptors (Lipinski definition) is 4. The van der Waals surface area contributed by atoms with Gasteiger partial charge in [0.05, 0.1) is 13.0 Å². The van der Waals surface area contributed by atoms with Gasteiger partial charge in [0.25, 0.3) is 0 Å². The van der Waals surface area contributed by atoms with Crippen molar-refractivity contribution < 1.29 is 14.3 Å². The molecule has 142 valence electrons. The number of aryl methyl sites for hydroxylation is 2. The highest BCUT2D eigenvalue weighted by Gasteiger charge is 2.21. The highest BCUT2D eigenvalue weighted by Crippen LogP contribution is 2.20. The number of amides is 1. The second kappa shape index (κ2) is 8.71. The Hall–Kier alpha value is -2.82. The number of carbonyl (C=O) groups excluding carboxylic acids is 2. The summed E-state index contributed by atoms with van der Waals surface area (Å²) in [5.41, 5.74) is 4.00. The first-order valence-corrected chi connectivity index (χ1v) is 9.35. The summed E-state index contributed by atoms with van der Waals surface area (Å²) in [4.78, 5) is 27.5. The van der Waals surface area contributed by atoms with Crippen LogP contribution < -0.4 is 9.64 Å². The topological polar surface area (TPSA) is 49.9 Å². The Morgan fingerprint density at radius 1 is 1.04 bits per heavy atom. The van der Waals surface area contributed by atoms with Crippen molar-refractivity contribution in [3.63, 3.8) is 0 Å². The van der Waals surface area contributed by atoms with E-state index in [0.717, 1.165) is 41.9 Å². The summed E-state index contributed by atoms with van der Waals surface area (Å²) in [5, 5.41) is 0. The van der Waals surface area contributed by atoms with Crippen molar-refractivity contribution in [2.75, 3.05) is 37.7 Å². The molecular weight excluding hydrogens is 340 g/mol. The number of piperazine rings is 1. The Morgan fingerprint density at radius 2 is 1.74 bits per heavy atom. The molecule has 1 heterocycles. The Kier molecular flexibility index (Phi) is 6.12. The minimum atomic E-state index is 0.134. The van der Waals surface area contributed by atoms with Crippen molar-refractivity contribution in [3.05, 3.63) is 59.2 Å². The maximum absolute atomic E-state index is 12.4. The number of rotatable bonds is 6. The van der Waals surface area contributed by atoms with Gasteiger partial charge in [-0.3, -0.25) is 9.59 Å². The van der Waals surface area contributed by atoms with Gasteiger partial charge in [-0.05, 0) is 49.7 Å². The Morgan fingerprint density at radius 3 is 2.37 bits per heavy atom. The summed E-state index contributed by atoms with van der Waals surface area (Å²) >= 11 is 0. The molecule has 27 heavy (non-hydrogen) atoms. The molecule has 1 fully saturated rings. The lowest BCUT2D eigenvalue weighted by atomic mass is 10.1.